The minimum atomic E-state index is -2.74. The lowest BCUT2D eigenvalue weighted by atomic mass is 10.4. The van der Waals surface area contributed by atoms with Crippen molar-refractivity contribution >= 4 is 9.84 Å². The van der Waals surface area contributed by atoms with Crippen LogP contribution in [0.1, 0.15) is 19.3 Å². The third-order valence-electron chi connectivity index (χ3n) is 2.19. The lowest BCUT2D eigenvalue weighted by Crippen LogP contribution is -2.22. The van der Waals surface area contributed by atoms with Crippen molar-refractivity contribution < 1.29 is 13.2 Å². The average molecular weight is 237 g/mol. The summed E-state index contributed by atoms with van der Waals surface area (Å²) in [5.41, 5.74) is 0. The molecule has 0 aromatic rings. The summed E-state index contributed by atoms with van der Waals surface area (Å²) in [6.07, 6.45) is 4.65. The largest absolute Gasteiger partial charge is 0.388 e. The van der Waals surface area contributed by atoms with Crippen LogP contribution in [0.4, 0.5) is 0 Å². The predicted octanol–water partition coefficient (Wildman–Crippen LogP) is 0.779. The second-order valence-electron chi connectivity index (χ2n) is 3.94. The van der Waals surface area contributed by atoms with Gasteiger partial charge in [0.2, 0.25) is 0 Å². The van der Waals surface area contributed by atoms with Crippen molar-refractivity contribution in [2.24, 2.45) is 0 Å². The lowest BCUT2D eigenvalue weighted by molar-refractivity contribution is 0.277. The van der Waals surface area contributed by atoms with Gasteiger partial charge in [0, 0.05) is 20.5 Å². The van der Waals surface area contributed by atoms with Gasteiger partial charge in [0.15, 0.2) is 0 Å². The van der Waals surface area contributed by atoms with Gasteiger partial charge in [0.25, 0.3) is 0 Å². The molecule has 0 saturated carbocycles. The molecule has 1 heterocycles. The van der Waals surface area contributed by atoms with E-state index in [4.69, 9.17) is 0 Å². The highest BCUT2D eigenvalue weighted by molar-refractivity contribution is 7.90. The van der Waals surface area contributed by atoms with Gasteiger partial charge in [-0.1, -0.05) is 0 Å². The summed E-state index contributed by atoms with van der Waals surface area (Å²) < 4.78 is 25.8. The number of hydrogen-bond donors (Lipinski definition) is 0. The Labute approximate surface area is 93.5 Å². The Morgan fingerprint density at radius 3 is 2.07 bits per heavy atom. The van der Waals surface area contributed by atoms with Crippen LogP contribution in [0.5, 0.6) is 0 Å². The molecule has 1 aliphatic heterocycles. The minimum Gasteiger partial charge on any atom is -0.388 e. The van der Waals surface area contributed by atoms with Crippen LogP contribution >= 0.6 is 0 Å². The van der Waals surface area contributed by atoms with Gasteiger partial charge in [0.05, 0.1) is 5.75 Å². The van der Waals surface area contributed by atoms with E-state index in [1.54, 1.807) is 14.2 Å². The topological polar surface area (TPSA) is 46.6 Å². The highest BCUT2D eigenvalue weighted by Gasteiger charge is 2.11. The van der Waals surface area contributed by atoms with Gasteiger partial charge < -0.3 is 9.64 Å². The van der Waals surface area contributed by atoms with Crippen molar-refractivity contribution in [1.29, 1.82) is 0 Å². The summed E-state index contributed by atoms with van der Waals surface area (Å²) in [5, 5.41) is 0. The summed E-state index contributed by atoms with van der Waals surface area (Å²) >= 11 is 0. The van der Waals surface area contributed by atoms with E-state index in [-0.39, 0.29) is 0 Å². The van der Waals surface area contributed by atoms with Gasteiger partial charge in [-0.25, -0.2) is 8.42 Å². The molecule has 0 N–H and O–H groups in total. The molecule has 1 rings (SSSR count). The molecule has 0 atom stereocenters. The third kappa shape index (κ3) is 10.2. The zero-order valence-electron chi connectivity index (χ0n) is 10.0. The van der Waals surface area contributed by atoms with Crippen LogP contribution < -0.4 is 0 Å². The zero-order chi connectivity index (χ0) is 11.7. The van der Waals surface area contributed by atoms with Gasteiger partial charge in [-0.05, 0) is 38.9 Å². The summed E-state index contributed by atoms with van der Waals surface area (Å²) in [7, 11) is 0.508. The first-order chi connectivity index (χ1) is 6.99. The van der Waals surface area contributed by atoms with Crippen molar-refractivity contribution in [2.45, 2.75) is 19.3 Å². The quantitative estimate of drug-likeness (QED) is 0.725. The number of methoxy groups -OCH3 is 1. The van der Waals surface area contributed by atoms with Crippen LogP contribution in [0.2, 0.25) is 0 Å². The smallest absolute Gasteiger partial charge is 0.147 e. The molecule has 1 saturated heterocycles. The first-order valence-corrected chi connectivity index (χ1v) is 7.36. The third-order valence-corrected chi connectivity index (χ3v) is 3.22. The van der Waals surface area contributed by atoms with Gasteiger partial charge in [-0.2, -0.15) is 0 Å². The van der Waals surface area contributed by atoms with E-state index in [9.17, 15) is 8.42 Å². The molecule has 1 fully saturated rings. The van der Waals surface area contributed by atoms with Crippen molar-refractivity contribution in [1.82, 2.24) is 4.90 Å². The Balaban J connectivity index is 0.000000583. The second-order valence-corrected chi connectivity index (χ2v) is 6.20. The SMILES string of the molecule is COC.CS(=O)(=O)CCCN1CCCC1. The molecule has 0 unspecified atom stereocenters. The summed E-state index contributed by atoms with van der Waals surface area (Å²) in [4.78, 5) is 2.34. The van der Waals surface area contributed by atoms with E-state index in [0.29, 0.717) is 5.75 Å². The first-order valence-electron chi connectivity index (χ1n) is 5.30. The Morgan fingerprint density at radius 2 is 1.67 bits per heavy atom. The highest BCUT2D eigenvalue weighted by Crippen LogP contribution is 2.07. The number of nitrogens with zero attached hydrogens (tertiary/aromatic N) is 1. The molecule has 0 aromatic heterocycles. The van der Waals surface area contributed by atoms with E-state index in [2.05, 4.69) is 9.64 Å². The van der Waals surface area contributed by atoms with E-state index < -0.39 is 9.84 Å². The molecule has 0 aliphatic carbocycles. The number of ether oxygens (including phenoxy) is 1. The van der Waals surface area contributed by atoms with Crippen LogP contribution in [-0.2, 0) is 14.6 Å². The molecule has 1 aliphatic rings. The molecular weight excluding hydrogens is 214 g/mol. The fraction of sp³-hybridized carbons (Fsp3) is 1.00. The van der Waals surface area contributed by atoms with Crippen LogP contribution in [0.3, 0.4) is 0 Å². The summed E-state index contributed by atoms with van der Waals surface area (Å²) in [6, 6.07) is 0. The maximum absolute atomic E-state index is 10.8. The molecule has 92 valence electrons. The Kier molecular flexibility index (Phi) is 8.00. The fourth-order valence-corrected chi connectivity index (χ4v) is 2.21. The lowest BCUT2D eigenvalue weighted by Gasteiger charge is -2.13. The van der Waals surface area contributed by atoms with Crippen molar-refractivity contribution in [3.05, 3.63) is 0 Å². The normalized spacial score (nSPS) is 17.3. The van der Waals surface area contributed by atoms with Crippen LogP contribution in [-0.4, -0.2) is 59.2 Å². The molecule has 5 heteroatoms. The van der Waals surface area contributed by atoms with Gasteiger partial charge in [-0.15, -0.1) is 0 Å². The highest BCUT2D eigenvalue weighted by atomic mass is 32.2. The molecule has 15 heavy (non-hydrogen) atoms. The number of hydrogen-bond acceptors (Lipinski definition) is 4. The maximum atomic E-state index is 10.8. The van der Waals surface area contributed by atoms with E-state index in [1.807, 2.05) is 0 Å². The van der Waals surface area contributed by atoms with E-state index in [1.165, 1.54) is 19.1 Å². The average Bonchev–Trinajstić information content (AvgIpc) is 2.55. The number of sulfone groups is 1. The monoisotopic (exact) mass is 237 g/mol. The molecule has 0 aromatic carbocycles. The molecule has 4 nitrogen and oxygen atoms in total. The Morgan fingerprint density at radius 1 is 1.20 bits per heavy atom. The summed E-state index contributed by atoms with van der Waals surface area (Å²) in [5.74, 6) is 0.337. The number of rotatable bonds is 4. The maximum Gasteiger partial charge on any atom is 0.147 e. The van der Waals surface area contributed by atoms with E-state index in [0.717, 1.165) is 26.1 Å². The van der Waals surface area contributed by atoms with Crippen molar-refractivity contribution in [3.63, 3.8) is 0 Å². The van der Waals surface area contributed by atoms with Crippen molar-refractivity contribution in [3.8, 4) is 0 Å². The molecular formula is C10H23NO3S. The van der Waals surface area contributed by atoms with Gasteiger partial charge in [0.1, 0.15) is 9.84 Å². The van der Waals surface area contributed by atoms with Crippen LogP contribution in [0, 0.1) is 0 Å². The molecule has 0 amide bonds. The molecule has 0 radical (unpaired) electrons. The Hall–Kier alpha value is -0.130. The first kappa shape index (κ1) is 14.9. The summed E-state index contributed by atoms with van der Waals surface area (Å²) in [6.45, 7) is 3.26. The molecule has 0 bridgehead atoms. The van der Waals surface area contributed by atoms with E-state index >= 15 is 0 Å². The predicted molar refractivity (Wildman–Crippen MR) is 62.9 cm³/mol. The van der Waals surface area contributed by atoms with Gasteiger partial charge >= 0.3 is 0 Å². The number of likely N-dealkylation sites (tertiary alicyclic amines) is 1. The van der Waals surface area contributed by atoms with Gasteiger partial charge in [-0.3, -0.25) is 0 Å². The zero-order valence-corrected chi connectivity index (χ0v) is 10.8. The molecule has 0 spiro atoms. The fourth-order valence-electron chi connectivity index (χ4n) is 1.56. The second kappa shape index (κ2) is 8.07. The standard InChI is InChI=1S/C8H17NO2S.C2H6O/c1-12(10,11)8-4-7-9-5-2-3-6-9;1-3-2/h2-8H2,1H3;1-2H3. The minimum absolute atomic E-state index is 0.337. The van der Waals surface area contributed by atoms with Crippen molar-refractivity contribution in [2.75, 3.05) is 45.9 Å². The van der Waals surface area contributed by atoms with Crippen LogP contribution in [0.15, 0.2) is 0 Å². The Bertz CT molecular complexity index is 233. The van der Waals surface area contributed by atoms with Crippen LogP contribution in [0.25, 0.3) is 0 Å².